The lowest BCUT2D eigenvalue weighted by molar-refractivity contribution is 0.373. The second kappa shape index (κ2) is 5.37. The summed E-state index contributed by atoms with van der Waals surface area (Å²) in [6.07, 6.45) is 4.57. The van der Waals surface area contributed by atoms with Gasteiger partial charge in [-0.1, -0.05) is 0 Å². The minimum absolute atomic E-state index is 0.396. The molecule has 3 N–H and O–H groups in total. The van der Waals surface area contributed by atoms with Crippen LogP contribution >= 0.6 is 11.3 Å². The van der Waals surface area contributed by atoms with Gasteiger partial charge in [0.2, 0.25) is 0 Å². The average Bonchev–Trinajstić information content (AvgIpc) is 2.73. The maximum atomic E-state index is 5.99. The van der Waals surface area contributed by atoms with Crippen LogP contribution in [-0.4, -0.2) is 31.6 Å². The van der Waals surface area contributed by atoms with Crippen molar-refractivity contribution in [2.24, 2.45) is 10.7 Å². The van der Waals surface area contributed by atoms with Crippen LogP contribution in [0.25, 0.3) is 0 Å². The summed E-state index contributed by atoms with van der Waals surface area (Å²) in [6, 6.07) is 0.928. The Morgan fingerprint density at radius 1 is 1.25 bits per heavy atom. The van der Waals surface area contributed by atoms with Gasteiger partial charge in [-0.15, -0.1) is 11.3 Å². The molecule has 3 rings (SSSR count). The van der Waals surface area contributed by atoms with E-state index in [-0.39, 0.29) is 0 Å². The molecule has 110 valence electrons. The van der Waals surface area contributed by atoms with Crippen molar-refractivity contribution in [1.29, 1.82) is 0 Å². The zero-order valence-electron chi connectivity index (χ0n) is 12.6. The zero-order valence-corrected chi connectivity index (χ0v) is 13.4. The van der Waals surface area contributed by atoms with Gasteiger partial charge in [0, 0.05) is 24.0 Å². The van der Waals surface area contributed by atoms with Crippen molar-refractivity contribution < 1.29 is 0 Å². The fourth-order valence-corrected chi connectivity index (χ4v) is 4.16. The van der Waals surface area contributed by atoms with Crippen molar-refractivity contribution in [2.75, 3.05) is 18.6 Å². The predicted molar refractivity (Wildman–Crippen MR) is 87.0 cm³/mol. The van der Waals surface area contributed by atoms with Crippen molar-refractivity contribution in [3.05, 3.63) is 16.0 Å². The number of nitrogens with one attached hydrogen (secondary N) is 1. The van der Waals surface area contributed by atoms with Crippen molar-refractivity contribution >= 4 is 22.2 Å². The van der Waals surface area contributed by atoms with Gasteiger partial charge in [-0.3, -0.25) is 0 Å². The number of aryl methyl sites for hydroxylation is 1. The average molecular weight is 292 g/mol. The molecule has 1 saturated carbocycles. The molecule has 1 aromatic rings. The van der Waals surface area contributed by atoms with E-state index >= 15 is 0 Å². The lowest BCUT2D eigenvalue weighted by Crippen LogP contribution is -2.42. The molecule has 0 spiro atoms. The molecule has 0 atom stereocenters. The second-order valence-corrected chi connectivity index (χ2v) is 7.27. The van der Waals surface area contributed by atoms with Crippen LogP contribution in [0, 0.1) is 13.8 Å². The molecule has 1 fully saturated rings. The zero-order chi connectivity index (χ0) is 14.3. The van der Waals surface area contributed by atoms with E-state index < -0.39 is 0 Å². The molecule has 0 radical (unpaired) electrons. The summed E-state index contributed by atoms with van der Waals surface area (Å²) in [5.74, 6) is 1.10. The number of hydrogen-bond acceptors (Lipinski definition) is 5. The smallest absolute Gasteiger partial charge is 0.133 e. The summed E-state index contributed by atoms with van der Waals surface area (Å²) < 4.78 is 0. The molecule has 5 heteroatoms. The van der Waals surface area contributed by atoms with E-state index in [1.54, 1.807) is 0 Å². The van der Waals surface area contributed by atoms with Crippen LogP contribution in [0.2, 0.25) is 0 Å². The van der Waals surface area contributed by atoms with Gasteiger partial charge in [-0.05, 0) is 45.1 Å². The number of nitrogens with zero attached hydrogens (tertiary/aromatic N) is 2. The van der Waals surface area contributed by atoms with Gasteiger partial charge in [0.1, 0.15) is 17.5 Å². The third-order valence-corrected chi connectivity index (χ3v) is 5.83. The Morgan fingerprint density at radius 2 is 1.95 bits per heavy atom. The van der Waals surface area contributed by atoms with Crippen molar-refractivity contribution in [3.63, 3.8) is 0 Å². The molecule has 0 bridgehead atoms. The van der Waals surface area contributed by atoms with Crippen LogP contribution < -0.4 is 16.0 Å². The summed E-state index contributed by atoms with van der Waals surface area (Å²) in [5, 5.41) is 5.04. The molecule has 1 aliphatic heterocycles. The molecule has 0 amide bonds. The standard InChI is InChI=1S/C15H24N4S/c1-9-10(2)20-15-13(9)14(17-8-19(15)3)18-12-6-4-11(16)5-7-12/h11-12H,4-8,16H2,1-3H3,(H,17,18). The lowest BCUT2D eigenvalue weighted by Gasteiger charge is -2.31. The minimum atomic E-state index is 0.396. The number of hydrogen-bond donors (Lipinski definition) is 2. The normalized spacial score (nSPS) is 26.2. The first-order valence-corrected chi connectivity index (χ1v) is 8.26. The summed E-state index contributed by atoms with van der Waals surface area (Å²) >= 11 is 1.88. The van der Waals surface area contributed by atoms with Gasteiger partial charge in [-0.2, -0.15) is 0 Å². The Labute approximate surface area is 125 Å². The summed E-state index contributed by atoms with van der Waals surface area (Å²) in [7, 11) is 2.12. The number of fused-ring (bicyclic) bond motifs is 1. The first-order chi connectivity index (χ1) is 9.56. The SMILES string of the molecule is Cc1sc2c(c1C)C(NC1CCC(N)CC1)=NCN2C. The molecule has 1 aliphatic carbocycles. The highest BCUT2D eigenvalue weighted by molar-refractivity contribution is 7.16. The van der Waals surface area contributed by atoms with Gasteiger partial charge < -0.3 is 16.0 Å². The van der Waals surface area contributed by atoms with E-state index in [9.17, 15) is 0 Å². The second-order valence-electron chi connectivity index (χ2n) is 6.07. The lowest BCUT2D eigenvalue weighted by atomic mass is 9.91. The Kier molecular flexibility index (Phi) is 3.73. The largest absolute Gasteiger partial charge is 0.367 e. The van der Waals surface area contributed by atoms with Gasteiger partial charge in [0.05, 0.1) is 5.56 Å². The molecule has 0 saturated heterocycles. The number of rotatable bonds is 1. The van der Waals surface area contributed by atoms with E-state index in [0.29, 0.717) is 12.1 Å². The molecule has 0 aromatic carbocycles. The summed E-state index contributed by atoms with van der Waals surface area (Å²) in [6.45, 7) is 5.15. The van der Waals surface area contributed by atoms with Crippen LogP contribution in [0.15, 0.2) is 4.99 Å². The fourth-order valence-electron chi connectivity index (χ4n) is 3.05. The topological polar surface area (TPSA) is 53.6 Å². The van der Waals surface area contributed by atoms with Crippen LogP contribution in [0.3, 0.4) is 0 Å². The van der Waals surface area contributed by atoms with Crippen LogP contribution in [0.4, 0.5) is 5.00 Å². The third kappa shape index (κ3) is 2.44. The van der Waals surface area contributed by atoms with Crippen molar-refractivity contribution in [1.82, 2.24) is 5.32 Å². The van der Waals surface area contributed by atoms with E-state index in [2.05, 4.69) is 31.1 Å². The molecular formula is C15H24N4S. The molecular weight excluding hydrogens is 268 g/mol. The maximum absolute atomic E-state index is 5.99. The quantitative estimate of drug-likeness (QED) is 0.835. The van der Waals surface area contributed by atoms with E-state index in [0.717, 1.165) is 38.2 Å². The van der Waals surface area contributed by atoms with Gasteiger partial charge in [0.15, 0.2) is 0 Å². The Balaban J connectivity index is 1.81. The minimum Gasteiger partial charge on any atom is -0.367 e. The Bertz CT molecular complexity index is 526. The predicted octanol–water partition coefficient (Wildman–Crippen LogP) is 2.38. The number of aliphatic imine (C=N–C) groups is 1. The highest BCUT2D eigenvalue weighted by atomic mass is 32.1. The number of thiophene rings is 1. The highest BCUT2D eigenvalue weighted by Gasteiger charge is 2.26. The highest BCUT2D eigenvalue weighted by Crippen LogP contribution is 2.37. The van der Waals surface area contributed by atoms with E-state index in [1.165, 1.54) is 21.0 Å². The molecule has 2 heterocycles. The number of nitrogens with two attached hydrogens (primary N) is 1. The number of amidine groups is 1. The molecule has 20 heavy (non-hydrogen) atoms. The first-order valence-electron chi connectivity index (χ1n) is 7.44. The van der Waals surface area contributed by atoms with Crippen LogP contribution in [0.1, 0.15) is 41.7 Å². The molecule has 2 aliphatic rings. The van der Waals surface area contributed by atoms with Gasteiger partial charge >= 0.3 is 0 Å². The van der Waals surface area contributed by atoms with E-state index in [4.69, 9.17) is 10.7 Å². The maximum Gasteiger partial charge on any atom is 0.133 e. The van der Waals surface area contributed by atoms with Crippen molar-refractivity contribution in [3.8, 4) is 0 Å². The Morgan fingerprint density at radius 3 is 2.65 bits per heavy atom. The van der Waals surface area contributed by atoms with Crippen molar-refractivity contribution in [2.45, 2.75) is 51.6 Å². The van der Waals surface area contributed by atoms with Crippen LogP contribution in [-0.2, 0) is 0 Å². The Hall–Kier alpha value is -1.07. The fraction of sp³-hybridized carbons (Fsp3) is 0.667. The summed E-state index contributed by atoms with van der Waals surface area (Å²) in [4.78, 5) is 8.38. The summed E-state index contributed by atoms with van der Waals surface area (Å²) in [5.41, 5.74) is 8.68. The molecule has 4 nitrogen and oxygen atoms in total. The molecule has 1 aromatic heterocycles. The van der Waals surface area contributed by atoms with E-state index in [1.807, 2.05) is 11.3 Å². The number of anilines is 1. The molecule has 0 unspecified atom stereocenters. The van der Waals surface area contributed by atoms with Crippen LogP contribution in [0.5, 0.6) is 0 Å². The first kappa shape index (κ1) is 13.9. The monoisotopic (exact) mass is 292 g/mol. The van der Waals surface area contributed by atoms with Gasteiger partial charge in [0.25, 0.3) is 0 Å². The van der Waals surface area contributed by atoms with Gasteiger partial charge in [-0.25, -0.2) is 4.99 Å². The third-order valence-electron chi connectivity index (χ3n) is 4.50.